The first-order valence-corrected chi connectivity index (χ1v) is 14.3. The van der Waals surface area contributed by atoms with Gasteiger partial charge in [0, 0.05) is 25.1 Å². The summed E-state index contributed by atoms with van der Waals surface area (Å²) in [6.45, 7) is 6.90. The van der Waals surface area contributed by atoms with Gasteiger partial charge in [0.1, 0.15) is 6.10 Å². The molecule has 1 aromatic heterocycles. The van der Waals surface area contributed by atoms with Crippen molar-refractivity contribution >= 4 is 21.7 Å². The van der Waals surface area contributed by atoms with Crippen molar-refractivity contribution in [1.29, 1.82) is 0 Å². The molecule has 1 fully saturated rings. The van der Waals surface area contributed by atoms with Gasteiger partial charge in [-0.25, -0.2) is 8.42 Å². The zero-order valence-electron chi connectivity index (χ0n) is 21.5. The van der Waals surface area contributed by atoms with Crippen LogP contribution in [0.1, 0.15) is 45.5 Å². The summed E-state index contributed by atoms with van der Waals surface area (Å²) in [5, 5.41) is 17.5. The van der Waals surface area contributed by atoms with Gasteiger partial charge in [-0.15, -0.1) is 0 Å². The fourth-order valence-corrected chi connectivity index (χ4v) is 6.23. The van der Waals surface area contributed by atoms with E-state index in [0.717, 1.165) is 0 Å². The number of amides is 2. The summed E-state index contributed by atoms with van der Waals surface area (Å²) in [5.41, 5.74) is 0.683. The minimum absolute atomic E-state index is 0.000578. The second-order valence-corrected chi connectivity index (χ2v) is 11.8. The van der Waals surface area contributed by atoms with Crippen LogP contribution in [0.5, 0.6) is 0 Å². The van der Waals surface area contributed by atoms with E-state index in [2.05, 4.69) is 15.5 Å². The van der Waals surface area contributed by atoms with E-state index in [1.807, 2.05) is 18.2 Å². The Kier molecular flexibility index (Phi) is 10.2. The number of aliphatic hydroxyl groups is 1. The summed E-state index contributed by atoms with van der Waals surface area (Å²) in [6.07, 6.45) is -1.24. The molecule has 37 heavy (non-hydrogen) atoms. The third-order valence-corrected chi connectivity index (χ3v) is 8.16. The van der Waals surface area contributed by atoms with Crippen LogP contribution >= 0.6 is 0 Å². The average molecular weight is 537 g/mol. The van der Waals surface area contributed by atoms with E-state index in [4.69, 9.17) is 9.26 Å². The highest BCUT2D eigenvalue weighted by Gasteiger charge is 2.33. The highest BCUT2D eigenvalue weighted by atomic mass is 32.2. The van der Waals surface area contributed by atoms with E-state index in [-0.39, 0.29) is 35.7 Å². The summed E-state index contributed by atoms with van der Waals surface area (Å²) in [6, 6.07) is 8.24. The molecule has 2 heterocycles. The van der Waals surface area contributed by atoms with E-state index >= 15 is 0 Å². The third kappa shape index (κ3) is 8.34. The largest absolute Gasteiger partial charge is 0.383 e. The molecule has 0 spiro atoms. The van der Waals surface area contributed by atoms with Gasteiger partial charge >= 0.3 is 0 Å². The molecule has 0 radical (unpaired) electrons. The molecular formula is C25H36N4O7S. The van der Waals surface area contributed by atoms with Gasteiger partial charge in [0.15, 0.2) is 9.84 Å². The number of benzene rings is 1. The van der Waals surface area contributed by atoms with Crippen LogP contribution in [0.2, 0.25) is 0 Å². The molecule has 1 saturated heterocycles. The molecule has 2 unspecified atom stereocenters. The van der Waals surface area contributed by atoms with E-state index in [0.29, 0.717) is 38.3 Å². The molecule has 1 aliphatic heterocycles. The van der Waals surface area contributed by atoms with E-state index in [1.54, 1.807) is 37.8 Å². The standard InChI is InChI=1S/C25H36N4O7S/c1-4-20(22(31)23-27-25(36-28-23)18-8-6-5-7-9-18)26-24(32)19(16-37(33,34)15-17(2)3)14-21(30)29-10-12-35-13-11-29/h5-9,17,19-20,22,31H,4,10-16H2,1-3H3,(H,26,32)/t19?,20-,22?/m0/s1. The topological polar surface area (TPSA) is 152 Å². The quantitative estimate of drug-likeness (QED) is 0.412. The monoisotopic (exact) mass is 536 g/mol. The molecule has 0 saturated carbocycles. The molecule has 3 atom stereocenters. The predicted octanol–water partition coefficient (Wildman–Crippen LogP) is 1.60. The predicted molar refractivity (Wildman–Crippen MR) is 136 cm³/mol. The van der Waals surface area contributed by atoms with Crippen molar-refractivity contribution in [3.8, 4) is 11.5 Å². The van der Waals surface area contributed by atoms with Crippen LogP contribution in [0.25, 0.3) is 11.5 Å². The number of carbonyl (C=O) groups excluding carboxylic acids is 2. The van der Waals surface area contributed by atoms with Gasteiger partial charge in [0.05, 0.1) is 36.7 Å². The first-order chi connectivity index (χ1) is 17.6. The molecule has 3 rings (SSSR count). The fraction of sp³-hybridized carbons (Fsp3) is 0.600. The smallest absolute Gasteiger partial charge is 0.258 e. The lowest BCUT2D eigenvalue weighted by atomic mass is 10.0. The summed E-state index contributed by atoms with van der Waals surface area (Å²) in [4.78, 5) is 32.0. The van der Waals surface area contributed by atoms with Crippen molar-refractivity contribution in [3.05, 3.63) is 36.2 Å². The lowest BCUT2D eigenvalue weighted by molar-refractivity contribution is -0.139. The Bertz CT molecular complexity index is 1130. The molecule has 2 aromatic rings. The molecule has 0 bridgehead atoms. The van der Waals surface area contributed by atoms with Crippen LogP contribution in [0.4, 0.5) is 0 Å². The van der Waals surface area contributed by atoms with Crippen molar-refractivity contribution in [2.24, 2.45) is 11.8 Å². The first-order valence-electron chi connectivity index (χ1n) is 12.5. The number of morpholine rings is 1. The number of aliphatic hydroxyl groups excluding tert-OH is 1. The Morgan fingerprint density at radius 1 is 1.14 bits per heavy atom. The molecule has 1 aromatic carbocycles. The number of hydrogen-bond acceptors (Lipinski definition) is 9. The van der Waals surface area contributed by atoms with E-state index < -0.39 is 39.6 Å². The molecule has 2 amide bonds. The maximum atomic E-state index is 13.3. The summed E-state index contributed by atoms with van der Waals surface area (Å²) < 4.78 is 36.1. The summed E-state index contributed by atoms with van der Waals surface area (Å²) >= 11 is 0. The van der Waals surface area contributed by atoms with Gasteiger partial charge in [-0.05, 0) is 24.5 Å². The lowest BCUT2D eigenvalue weighted by Crippen LogP contribution is -2.47. The Hall–Kier alpha value is -2.83. The minimum atomic E-state index is -3.60. The fourth-order valence-electron chi connectivity index (χ4n) is 4.20. The van der Waals surface area contributed by atoms with Crippen molar-refractivity contribution < 1.29 is 32.4 Å². The molecule has 1 aliphatic rings. The van der Waals surface area contributed by atoms with Crippen molar-refractivity contribution in [1.82, 2.24) is 20.4 Å². The number of nitrogens with zero attached hydrogens (tertiary/aromatic N) is 3. The van der Waals surface area contributed by atoms with Crippen molar-refractivity contribution in [3.63, 3.8) is 0 Å². The summed E-state index contributed by atoms with van der Waals surface area (Å²) in [7, 11) is -3.60. The SMILES string of the molecule is CC[C@H](NC(=O)C(CC(=O)N1CCOCC1)CS(=O)(=O)CC(C)C)C(O)c1noc(-c2ccccc2)n1. The van der Waals surface area contributed by atoms with Crippen LogP contribution in [0, 0.1) is 11.8 Å². The summed E-state index contributed by atoms with van der Waals surface area (Å²) in [5.74, 6) is -2.47. The molecule has 204 valence electrons. The first kappa shape index (κ1) is 28.7. The normalized spacial score (nSPS) is 16.8. The number of sulfone groups is 1. The van der Waals surface area contributed by atoms with Crippen LogP contribution in [-0.2, 0) is 24.2 Å². The molecular weight excluding hydrogens is 500 g/mol. The van der Waals surface area contributed by atoms with Gasteiger partial charge in [0.2, 0.25) is 17.6 Å². The van der Waals surface area contributed by atoms with Crippen LogP contribution in [0.15, 0.2) is 34.9 Å². The zero-order valence-corrected chi connectivity index (χ0v) is 22.3. The van der Waals surface area contributed by atoms with Crippen LogP contribution < -0.4 is 5.32 Å². The third-order valence-electron chi connectivity index (χ3n) is 6.07. The molecule has 11 nitrogen and oxygen atoms in total. The Balaban J connectivity index is 1.74. The number of carbonyl (C=O) groups is 2. The molecule has 2 N–H and O–H groups in total. The maximum Gasteiger partial charge on any atom is 0.258 e. The average Bonchev–Trinajstić information content (AvgIpc) is 3.37. The minimum Gasteiger partial charge on any atom is -0.383 e. The van der Waals surface area contributed by atoms with E-state index in [9.17, 15) is 23.1 Å². The lowest BCUT2D eigenvalue weighted by Gasteiger charge is -2.29. The Morgan fingerprint density at radius 3 is 2.43 bits per heavy atom. The van der Waals surface area contributed by atoms with Gasteiger partial charge in [-0.1, -0.05) is 44.1 Å². The second-order valence-electron chi connectivity index (χ2n) is 9.66. The number of nitrogens with one attached hydrogen (secondary N) is 1. The molecule has 0 aliphatic carbocycles. The highest BCUT2D eigenvalue weighted by Crippen LogP contribution is 2.22. The molecule has 12 heteroatoms. The van der Waals surface area contributed by atoms with Gasteiger partial charge in [0.25, 0.3) is 5.89 Å². The van der Waals surface area contributed by atoms with Gasteiger partial charge in [-0.3, -0.25) is 9.59 Å². The van der Waals surface area contributed by atoms with E-state index in [1.165, 1.54) is 0 Å². The van der Waals surface area contributed by atoms with Crippen LogP contribution in [0.3, 0.4) is 0 Å². The number of ether oxygens (including phenoxy) is 1. The van der Waals surface area contributed by atoms with Gasteiger partial charge in [-0.2, -0.15) is 4.98 Å². The maximum absolute atomic E-state index is 13.3. The van der Waals surface area contributed by atoms with Crippen LogP contribution in [-0.4, -0.2) is 84.2 Å². The Morgan fingerprint density at radius 2 is 1.81 bits per heavy atom. The van der Waals surface area contributed by atoms with Crippen molar-refractivity contribution in [2.45, 2.75) is 45.8 Å². The zero-order chi connectivity index (χ0) is 27.0. The van der Waals surface area contributed by atoms with Gasteiger partial charge < -0.3 is 24.6 Å². The number of hydrogen-bond donors (Lipinski definition) is 2. The second kappa shape index (κ2) is 13.1. The van der Waals surface area contributed by atoms with Crippen molar-refractivity contribution in [2.75, 3.05) is 37.8 Å². The Labute approximate surface area is 217 Å². The number of rotatable bonds is 12. The highest BCUT2D eigenvalue weighted by molar-refractivity contribution is 7.91. The number of aromatic nitrogens is 2.